The third-order valence-corrected chi connectivity index (χ3v) is 4.53. The van der Waals surface area contributed by atoms with Crippen LogP contribution in [0, 0.1) is 6.92 Å². The Kier molecular flexibility index (Phi) is 5.68. The maximum absolute atomic E-state index is 12.6. The summed E-state index contributed by atoms with van der Waals surface area (Å²) in [6, 6.07) is 9.02. The third-order valence-electron chi connectivity index (χ3n) is 4.53. The number of carbonyl (C=O) groups excluding carboxylic acids is 1. The van der Waals surface area contributed by atoms with Crippen molar-refractivity contribution in [2.45, 2.75) is 13.8 Å². The van der Waals surface area contributed by atoms with Crippen LogP contribution in [0.2, 0.25) is 0 Å². The van der Waals surface area contributed by atoms with E-state index in [1.807, 2.05) is 25.1 Å². The van der Waals surface area contributed by atoms with Gasteiger partial charge in [-0.05, 0) is 25.6 Å². The van der Waals surface area contributed by atoms with Crippen LogP contribution in [-0.4, -0.2) is 60.6 Å². The lowest BCUT2D eigenvalue weighted by Gasteiger charge is -2.34. The number of benzene rings is 1. The van der Waals surface area contributed by atoms with Crippen LogP contribution in [0.5, 0.6) is 5.75 Å². The van der Waals surface area contributed by atoms with Gasteiger partial charge in [-0.15, -0.1) is 0 Å². The molecule has 1 aliphatic heterocycles. The van der Waals surface area contributed by atoms with Crippen molar-refractivity contribution in [3.8, 4) is 5.75 Å². The number of aryl methyl sites for hydroxylation is 1. The fourth-order valence-electron chi connectivity index (χ4n) is 3.02. The SMILES string of the molecule is CCN1CCN(c2cc(C(=O)Nc3cccc(OC)c3)nc(C)n2)CC1. The number of piperazine rings is 1. The Morgan fingerprint density at radius 3 is 2.65 bits per heavy atom. The first kappa shape index (κ1) is 18.1. The van der Waals surface area contributed by atoms with Gasteiger partial charge in [0.25, 0.3) is 5.91 Å². The Labute approximate surface area is 154 Å². The number of rotatable bonds is 5. The molecule has 0 saturated carbocycles. The molecule has 3 rings (SSSR count). The van der Waals surface area contributed by atoms with Gasteiger partial charge in [-0.3, -0.25) is 4.79 Å². The first-order chi connectivity index (χ1) is 12.6. The molecule has 0 bridgehead atoms. The fraction of sp³-hybridized carbons (Fsp3) is 0.421. The van der Waals surface area contributed by atoms with E-state index in [0.717, 1.165) is 38.5 Å². The van der Waals surface area contributed by atoms with Crippen LogP contribution >= 0.6 is 0 Å². The molecule has 2 aromatic rings. The zero-order valence-electron chi connectivity index (χ0n) is 15.5. The molecule has 1 N–H and O–H groups in total. The number of methoxy groups -OCH3 is 1. The van der Waals surface area contributed by atoms with Crippen molar-refractivity contribution in [3.63, 3.8) is 0 Å². The molecule has 138 valence electrons. The number of anilines is 2. The fourth-order valence-corrected chi connectivity index (χ4v) is 3.02. The molecule has 0 spiro atoms. The minimum Gasteiger partial charge on any atom is -0.497 e. The van der Waals surface area contributed by atoms with Crippen molar-refractivity contribution in [3.05, 3.63) is 41.9 Å². The van der Waals surface area contributed by atoms with Gasteiger partial charge in [0.05, 0.1) is 7.11 Å². The lowest BCUT2D eigenvalue weighted by Crippen LogP contribution is -2.46. The van der Waals surface area contributed by atoms with Gasteiger partial charge in [-0.25, -0.2) is 9.97 Å². The van der Waals surface area contributed by atoms with Crippen LogP contribution in [0.4, 0.5) is 11.5 Å². The van der Waals surface area contributed by atoms with Crippen molar-refractivity contribution in [2.75, 3.05) is 50.1 Å². The van der Waals surface area contributed by atoms with Gasteiger partial charge in [-0.2, -0.15) is 0 Å². The standard InChI is InChI=1S/C19H25N5O2/c1-4-23-8-10-24(11-9-23)18-13-17(20-14(2)21-18)19(25)22-15-6-5-7-16(12-15)26-3/h5-7,12-13H,4,8-11H2,1-3H3,(H,22,25). The normalized spacial score (nSPS) is 15.0. The summed E-state index contributed by atoms with van der Waals surface area (Å²) >= 11 is 0. The van der Waals surface area contributed by atoms with E-state index in [9.17, 15) is 4.79 Å². The number of likely N-dealkylation sites (N-methyl/N-ethyl adjacent to an activating group) is 1. The average Bonchev–Trinajstić information content (AvgIpc) is 2.67. The van der Waals surface area contributed by atoms with Crippen molar-refractivity contribution in [1.29, 1.82) is 0 Å². The van der Waals surface area contributed by atoms with E-state index in [4.69, 9.17) is 4.74 Å². The van der Waals surface area contributed by atoms with Gasteiger partial charge < -0.3 is 19.9 Å². The Hall–Kier alpha value is -2.67. The van der Waals surface area contributed by atoms with Gasteiger partial charge in [0.2, 0.25) is 0 Å². The molecule has 0 aliphatic carbocycles. The van der Waals surface area contributed by atoms with Crippen LogP contribution in [-0.2, 0) is 0 Å². The zero-order valence-corrected chi connectivity index (χ0v) is 15.5. The Bertz CT molecular complexity index is 772. The van der Waals surface area contributed by atoms with Crippen LogP contribution in [0.3, 0.4) is 0 Å². The first-order valence-corrected chi connectivity index (χ1v) is 8.87. The number of nitrogens with one attached hydrogen (secondary N) is 1. The molecule has 1 amide bonds. The Balaban J connectivity index is 1.75. The summed E-state index contributed by atoms with van der Waals surface area (Å²) < 4.78 is 5.19. The highest BCUT2D eigenvalue weighted by atomic mass is 16.5. The topological polar surface area (TPSA) is 70.6 Å². The van der Waals surface area contributed by atoms with Gasteiger partial charge in [0, 0.05) is 44.0 Å². The van der Waals surface area contributed by atoms with Crippen molar-refractivity contribution >= 4 is 17.4 Å². The Morgan fingerprint density at radius 1 is 1.19 bits per heavy atom. The molecule has 1 aromatic carbocycles. The first-order valence-electron chi connectivity index (χ1n) is 8.87. The number of hydrogen-bond acceptors (Lipinski definition) is 6. The summed E-state index contributed by atoms with van der Waals surface area (Å²) in [6.45, 7) is 8.86. The van der Waals surface area contributed by atoms with Gasteiger partial charge >= 0.3 is 0 Å². The van der Waals surface area contributed by atoms with Crippen LogP contribution < -0.4 is 15.0 Å². The van der Waals surface area contributed by atoms with Gasteiger partial charge in [0.1, 0.15) is 23.1 Å². The van der Waals surface area contributed by atoms with Crippen LogP contribution in [0.25, 0.3) is 0 Å². The summed E-state index contributed by atoms with van der Waals surface area (Å²) in [4.78, 5) is 26.1. The molecule has 0 radical (unpaired) electrons. The van der Waals surface area contributed by atoms with Crippen molar-refractivity contribution in [1.82, 2.24) is 14.9 Å². The van der Waals surface area contributed by atoms with Gasteiger partial charge in [-0.1, -0.05) is 13.0 Å². The summed E-state index contributed by atoms with van der Waals surface area (Å²) in [5.41, 5.74) is 1.04. The highest BCUT2D eigenvalue weighted by Gasteiger charge is 2.19. The van der Waals surface area contributed by atoms with E-state index in [2.05, 4.69) is 32.0 Å². The molecule has 7 heteroatoms. The molecule has 2 heterocycles. The molecular weight excluding hydrogens is 330 g/mol. The minimum atomic E-state index is -0.253. The largest absolute Gasteiger partial charge is 0.497 e. The second-order valence-electron chi connectivity index (χ2n) is 6.27. The van der Waals surface area contributed by atoms with Gasteiger partial charge in [0.15, 0.2) is 0 Å². The maximum atomic E-state index is 12.6. The average molecular weight is 355 g/mol. The maximum Gasteiger partial charge on any atom is 0.274 e. The summed E-state index contributed by atoms with van der Waals surface area (Å²) in [6.07, 6.45) is 0. The van der Waals surface area contributed by atoms with E-state index in [1.165, 1.54) is 0 Å². The monoisotopic (exact) mass is 355 g/mol. The lowest BCUT2D eigenvalue weighted by atomic mass is 10.2. The smallest absolute Gasteiger partial charge is 0.274 e. The van der Waals surface area contributed by atoms with E-state index in [0.29, 0.717) is 23.0 Å². The molecule has 1 aliphatic rings. The number of aromatic nitrogens is 2. The molecule has 0 unspecified atom stereocenters. The highest BCUT2D eigenvalue weighted by Crippen LogP contribution is 2.19. The van der Waals surface area contributed by atoms with Crippen LogP contribution in [0.15, 0.2) is 30.3 Å². The third kappa shape index (κ3) is 4.29. The number of hydrogen-bond donors (Lipinski definition) is 1. The number of carbonyl (C=O) groups is 1. The molecule has 0 atom stereocenters. The molecule has 1 saturated heterocycles. The highest BCUT2D eigenvalue weighted by molar-refractivity contribution is 6.03. The molecule has 26 heavy (non-hydrogen) atoms. The zero-order chi connectivity index (χ0) is 18.5. The summed E-state index contributed by atoms with van der Waals surface area (Å²) in [5.74, 6) is 1.84. The molecular formula is C19H25N5O2. The van der Waals surface area contributed by atoms with E-state index < -0.39 is 0 Å². The predicted molar refractivity (Wildman–Crippen MR) is 102 cm³/mol. The number of nitrogens with zero attached hydrogens (tertiary/aromatic N) is 4. The van der Waals surface area contributed by atoms with E-state index >= 15 is 0 Å². The number of amides is 1. The van der Waals surface area contributed by atoms with E-state index in [-0.39, 0.29) is 5.91 Å². The molecule has 1 fully saturated rings. The molecule has 1 aromatic heterocycles. The second-order valence-corrected chi connectivity index (χ2v) is 6.27. The Morgan fingerprint density at radius 2 is 1.96 bits per heavy atom. The number of ether oxygens (including phenoxy) is 1. The summed E-state index contributed by atoms with van der Waals surface area (Å²) in [5, 5.41) is 2.87. The molecule has 7 nitrogen and oxygen atoms in total. The summed E-state index contributed by atoms with van der Waals surface area (Å²) in [7, 11) is 1.60. The van der Waals surface area contributed by atoms with Crippen LogP contribution in [0.1, 0.15) is 23.2 Å². The lowest BCUT2D eigenvalue weighted by molar-refractivity contribution is 0.102. The predicted octanol–water partition coefficient (Wildman–Crippen LogP) is 2.19. The minimum absolute atomic E-state index is 0.253. The van der Waals surface area contributed by atoms with Crippen molar-refractivity contribution in [2.24, 2.45) is 0 Å². The van der Waals surface area contributed by atoms with Crippen molar-refractivity contribution < 1.29 is 9.53 Å². The van der Waals surface area contributed by atoms with E-state index in [1.54, 1.807) is 19.2 Å². The quantitative estimate of drug-likeness (QED) is 0.887. The second kappa shape index (κ2) is 8.14.